The summed E-state index contributed by atoms with van der Waals surface area (Å²) in [7, 11) is -2.39. The SMILES string of the molecule is C=Cc1c(NC(=O)C2CCCN(S(=O)(=O)c3ccc(Cl)c4nonc34)C2)ccc2c1/C(=C\C)C(=O)N2CCCOC. The Bertz CT molecular complexity index is 1670. The van der Waals surface area contributed by atoms with Gasteiger partial charge in [0.25, 0.3) is 5.91 Å². The van der Waals surface area contributed by atoms with Gasteiger partial charge in [0.1, 0.15) is 4.90 Å². The molecule has 11 nitrogen and oxygen atoms in total. The summed E-state index contributed by atoms with van der Waals surface area (Å²) < 4.78 is 38.3. The van der Waals surface area contributed by atoms with Crippen LogP contribution in [-0.4, -0.2) is 68.2 Å². The van der Waals surface area contributed by atoms with E-state index in [1.807, 2.05) is 6.07 Å². The van der Waals surface area contributed by atoms with Gasteiger partial charge in [-0.2, -0.15) is 4.31 Å². The molecule has 1 atom stereocenters. The van der Waals surface area contributed by atoms with Crippen molar-refractivity contribution in [3.8, 4) is 0 Å². The van der Waals surface area contributed by atoms with Gasteiger partial charge in [-0.25, -0.2) is 13.0 Å². The molecule has 13 heteroatoms. The molecular weight excluding hydrogens is 570 g/mol. The number of benzene rings is 2. The minimum absolute atomic E-state index is 0.0101. The van der Waals surface area contributed by atoms with Crippen LogP contribution in [0, 0.1) is 5.92 Å². The van der Waals surface area contributed by atoms with Crippen molar-refractivity contribution in [3.63, 3.8) is 0 Å². The smallest absolute Gasteiger partial charge is 0.258 e. The van der Waals surface area contributed by atoms with Crippen molar-refractivity contribution in [2.75, 3.05) is 43.6 Å². The third kappa shape index (κ3) is 5.16. The minimum Gasteiger partial charge on any atom is -0.385 e. The fourth-order valence-corrected chi connectivity index (χ4v) is 7.26. The second-order valence-corrected chi connectivity index (χ2v) is 12.1. The van der Waals surface area contributed by atoms with E-state index in [1.165, 1.54) is 16.4 Å². The van der Waals surface area contributed by atoms with E-state index in [2.05, 4.69) is 22.2 Å². The van der Waals surface area contributed by atoms with Gasteiger partial charge >= 0.3 is 0 Å². The first-order chi connectivity index (χ1) is 19.7. The highest BCUT2D eigenvalue weighted by molar-refractivity contribution is 7.89. The third-order valence-corrected chi connectivity index (χ3v) is 9.64. The number of nitrogens with zero attached hydrogens (tertiary/aromatic N) is 4. The number of carbonyl (C=O) groups is 2. The molecule has 0 aliphatic carbocycles. The second kappa shape index (κ2) is 11.7. The molecular formula is C28H30ClN5O6S. The maximum absolute atomic E-state index is 13.6. The number of halogens is 1. The topological polar surface area (TPSA) is 135 Å². The fraction of sp³-hybridized carbons (Fsp3) is 0.357. The number of anilines is 2. The van der Waals surface area contributed by atoms with Gasteiger partial charge in [-0.05, 0) is 60.8 Å². The zero-order chi connectivity index (χ0) is 29.3. The Hall–Kier alpha value is -3.58. The lowest BCUT2D eigenvalue weighted by molar-refractivity contribution is -0.121. The normalized spacial score (nSPS) is 18.7. The Morgan fingerprint density at radius 3 is 2.78 bits per heavy atom. The maximum Gasteiger partial charge on any atom is 0.258 e. The lowest BCUT2D eigenvalue weighted by Gasteiger charge is -2.31. The van der Waals surface area contributed by atoms with Crippen molar-refractivity contribution in [2.45, 2.75) is 31.1 Å². The third-order valence-electron chi connectivity index (χ3n) is 7.44. The van der Waals surface area contributed by atoms with E-state index in [1.54, 1.807) is 37.2 Å². The molecule has 5 rings (SSSR count). The van der Waals surface area contributed by atoms with Crippen LogP contribution in [0.5, 0.6) is 0 Å². The lowest BCUT2D eigenvalue weighted by atomic mass is 9.96. The zero-order valence-electron chi connectivity index (χ0n) is 22.7. The number of hydrogen-bond donors (Lipinski definition) is 1. The van der Waals surface area contributed by atoms with Gasteiger partial charge in [0.2, 0.25) is 15.9 Å². The number of sulfonamides is 1. The number of ether oxygens (including phenoxy) is 1. The van der Waals surface area contributed by atoms with Gasteiger partial charge in [0.05, 0.1) is 16.6 Å². The number of hydrogen-bond acceptors (Lipinski definition) is 8. The van der Waals surface area contributed by atoms with Gasteiger partial charge < -0.3 is 15.0 Å². The van der Waals surface area contributed by atoms with Crippen LogP contribution in [0.3, 0.4) is 0 Å². The standard InChI is InChI=1S/C28H30ClN5O6S/c1-4-18-21(10-11-22-24(18)19(5-2)28(36)34(22)14-7-15-39-3)30-27(35)17-8-6-13-33(16-17)41(37,38)23-12-9-20(29)25-26(23)32-40-31-25/h4-5,9-12,17H,1,6-8,13-16H2,2-3H3,(H,30,35)/b19-5+. The van der Waals surface area contributed by atoms with E-state index < -0.39 is 15.9 Å². The van der Waals surface area contributed by atoms with Crippen molar-refractivity contribution in [3.05, 3.63) is 53.1 Å². The molecule has 1 aromatic heterocycles. The predicted octanol–water partition coefficient (Wildman–Crippen LogP) is 4.35. The van der Waals surface area contributed by atoms with Gasteiger partial charge in [-0.3, -0.25) is 9.59 Å². The first kappa shape index (κ1) is 28.9. The number of methoxy groups -OCH3 is 1. The number of carbonyl (C=O) groups excluding carboxylic acids is 2. The molecule has 1 saturated heterocycles. The van der Waals surface area contributed by atoms with Crippen LogP contribution in [0.4, 0.5) is 11.4 Å². The fourth-order valence-electron chi connectivity index (χ4n) is 5.43. The first-order valence-corrected chi connectivity index (χ1v) is 15.0. The number of aromatic nitrogens is 2. The van der Waals surface area contributed by atoms with Crippen LogP contribution in [-0.2, 0) is 24.3 Å². The van der Waals surface area contributed by atoms with E-state index in [0.29, 0.717) is 54.8 Å². The summed E-state index contributed by atoms with van der Waals surface area (Å²) in [4.78, 5) is 28.3. The molecule has 2 aromatic carbocycles. The Morgan fingerprint density at radius 1 is 1.27 bits per heavy atom. The average molecular weight is 600 g/mol. The number of fused-ring (bicyclic) bond motifs is 2. The molecule has 41 heavy (non-hydrogen) atoms. The van der Waals surface area contributed by atoms with E-state index >= 15 is 0 Å². The molecule has 1 unspecified atom stereocenters. The van der Waals surface area contributed by atoms with Crippen LogP contribution >= 0.6 is 11.6 Å². The summed E-state index contributed by atoms with van der Waals surface area (Å²) in [5, 5.41) is 10.6. The number of rotatable bonds is 9. The Morgan fingerprint density at radius 2 is 2.05 bits per heavy atom. The van der Waals surface area contributed by atoms with E-state index in [-0.39, 0.29) is 45.9 Å². The minimum atomic E-state index is -4.01. The molecule has 0 spiro atoms. The average Bonchev–Trinajstić information content (AvgIpc) is 3.56. The summed E-state index contributed by atoms with van der Waals surface area (Å²) in [6.45, 7) is 7.01. The van der Waals surface area contributed by atoms with E-state index in [0.717, 1.165) is 5.69 Å². The van der Waals surface area contributed by atoms with Crippen molar-refractivity contribution >= 4 is 67.5 Å². The Kier molecular flexibility index (Phi) is 8.28. The molecule has 2 amide bonds. The molecule has 1 N–H and O–H groups in total. The van der Waals surface area contributed by atoms with Crippen LogP contribution in [0.25, 0.3) is 22.7 Å². The first-order valence-electron chi connectivity index (χ1n) is 13.2. The van der Waals surface area contributed by atoms with Gasteiger partial charge in [0.15, 0.2) is 11.0 Å². The van der Waals surface area contributed by atoms with Gasteiger partial charge in [-0.15, -0.1) is 0 Å². The highest BCUT2D eigenvalue weighted by Crippen LogP contribution is 2.43. The quantitative estimate of drug-likeness (QED) is 0.283. The number of allylic oxidation sites excluding steroid dienone is 1. The second-order valence-electron chi connectivity index (χ2n) is 9.83. The van der Waals surface area contributed by atoms with Crippen LogP contribution in [0.2, 0.25) is 5.02 Å². The van der Waals surface area contributed by atoms with Crippen molar-refractivity contribution in [2.24, 2.45) is 5.92 Å². The summed E-state index contributed by atoms with van der Waals surface area (Å²) in [5.74, 6) is -1.03. The lowest BCUT2D eigenvalue weighted by Crippen LogP contribution is -2.43. The predicted molar refractivity (Wildman–Crippen MR) is 156 cm³/mol. The van der Waals surface area contributed by atoms with Gasteiger partial charge in [0, 0.05) is 55.7 Å². The molecule has 2 aliphatic heterocycles. The summed E-state index contributed by atoms with van der Waals surface area (Å²) in [6.07, 6.45) is 5.07. The van der Waals surface area contributed by atoms with E-state index in [4.69, 9.17) is 21.0 Å². The van der Waals surface area contributed by atoms with Crippen LogP contribution in [0.15, 0.2) is 46.4 Å². The highest BCUT2D eigenvalue weighted by atomic mass is 35.5. The zero-order valence-corrected chi connectivity index (χ0v) is 24.3. The number of amides is 2. The summed E-state index contributed by atoms with van der Waals surface area (Å²) in [5.41, 5.74) is 3.33. The van der Waals surface area contributed by atoms with Crippen molar-refractivity contribution in [1.29, 1.82) is 0 Å². The molecule has 216 valence electrons. The molecule has 0 bridgehead atoms. The van der Waals surface area contributed by atoms with E-state index in [9.17, 15) is 18.0 Å². The molecule has 0 saturated carbocycles. The molecule has 3 heterocycles. The monoisotopic (exact) mass is 599 g/mol. The maximum atomic E-state index is 13.6. The Balaban J connectivity index is 1.38. The largest absolute Gasteiger partial charge is 0.385 e. The van der Waals surface area contributed by atoms with Crippen molar-refractivity contribution in [1.82, 2.24) is 14.6 Å². The number of piperidine rings is 1. The molecule has 2 aliphatic rings. The molecule has 0 radical (unpaired) electrons. The summed E-state index contributed by atoms with van der Waals surface area (Å²) >= 11 is 6.11. The highest BCUT2D eigenvalue weighted by Gasteiger charge is 2.37. The Labute approximate surface area is 242 Å². The number of nitrogens with one attached hydrogen (secondary N) is 1. The van der Waals surface area contributed by atoms with Gasteiger partial charge in [-0.1, -0.05) is 30.3 Å². The van der Waals surface area contributed by atoms with Crippen LogP contribution < -0.4 is 10.2 Å². The summed E-state index contributed by atoms with van der Waals surface area (Å²) in [6, 6.07) is 6.37. The molecule has 1 fully saturated rings. The molecule has 3 aromatic rings. The van der Waals surface area contributed by atoms with Crippen LogP contribution in [0.1, 0.15) is 37.3 Å². The van der Waals surface area contributed by atoms with Crippen molar-refractivity contribution < 1.29 is 27.4 Å².